The summed E-state index contributed by atoms with van der Waals surface area (Å²) in [6, 6.07) is 4.02. The van der Waals surface area contributed by atoms with Crippen molar-refractivity contribution in [3.05, 3.63) is 23.4 Å². The van der Waals surface area contributed by atoms with Crippen molar-refractivity contribution in [3.63, 3.8) is 0 Å². The van der Waals surface area contributed by atoms with Crippen LogP contribution in [0.5, 0.6) is 0 Å². The molecule has 0 saturated carbocycles. The number of rotatable bonds is 3. The molecule has 1 unspecified atom stereocenters. The van der Waals surface area contributed by atoms with Crippen molar-refractivity contribution in [1.29, 1.82) is 0 Å². The van der Waals surface area contributed by atoms with Crippen molar-refractivity contribution in [3.8, 4) is 10.7 Å². The van der Waals surface area contributed by atoms with Crippen LogP contribution in [-0.2, 0) is 6.54 Å². The van der Waals surface area contributed by atoms with Crippen LogP contribution in [0, 0.1) is 5.92 Å². The number of hydrogen-bond donors (Lipinski definition) is 0. The molecule has 5 heteroatoms. The fraction of sp³-hybridized carbons (Fsp3) is 0.538. The minimum Gasteiger partial charge on any atom is -0.338 e. The topological polar surface area (TPSA) is 42.2 Å². The molecule has 1 atom stereocenters. The van der Waals surface area contributed by atoms with E-state index in [1.54, 1.807) is 11.3 Å². The van der Waals surface area contributed by atoms with Gasteiger partial charge in [0.25, 0.3) is 0 Å². The predicted octanol–water partition coefficient (Wildman–Crippen LogP) is 3.03. The Kier molecular flexibility index (Phi) is 3.43. The fourth-order valence-electron chi connectivity index (χ4n) is 2.45. The van der Waals surface area contributed by atoms with Gasteiger partial charge < -0.3 is 4.52 Å². The van der Waals surface area contributed by atoms with Crippen LogP contribution in [0.1, 0.15) is 25.7 Å². The molecule has 0 radical (unpaired) electrons. The third-order valence-electron chi connectivity index (χ3n) is 3.31. The Labute approximate surface area is 111 Å². The molecule has 2 aromatic heterocycles. The van der Waals surface area contributed by atoms with Gasteiger partial charge in [0.05, 0.1) is 11.4 Å². The Bertz CT molecular complexity index is 494. The van der Waals surface area contributed by atoms with E-state index in [1.165, 1.54) is 12.8 Å². The highest BCUT2D eigenvalue weighted by molar-refractivity contribution is 7.13. The average molecular weight is 263 g/mol. The standard InChI is InChI=1S/C13H17N3OS/c1-10-4-2-6-16(8-10)9-12-14-13(15-17-12)11-5-3-7-18-11/h3,5,7,10H,2,4,6,8-9H2,1H3. The number of nitrogens with zero attached hydrogens (tertiary/aromatic N) is 3. The summed E-state index contributed by atoms with van der Waals surface area (Å²) in [4.78, 5) is 7.93. The van der Waals surface area contributed by atoms with Crippen LogP contribution in [0.2, 0.25) is 0 Å². The van der Waals surface area contributed by atoms with Crippen LogP contribution in [0.15, 0.2) is 22.0 Å². The first kappa shape index (κ1) is 11.9. The Balaban J connectivity index is 1.66. The summed E-state index contributed by atoms with van der Waals surface area (Å²) in [6.07, 6.45) is 2.61. The third kappa shape index (κ3) is 2.62. The molecule has 1 aliphatic heterocycles. The van der Waals surface area contributed by atoms with Gasteiger partial charge in [0.15, 0.2) is 0 Å². The first-order valence-corrected chi connectivity index (χ1v) is 7.28. The molecular formula is C13H17N3OS. The third-order valence-corrected chi connectivity index (χ3v) is 4.18. The highest BCUT2D eigenvalue weighted by Gasteiger charge is 2.19. The molecule has 1 fully saturated rings. The van der Waals surface area contributed by atoms with Gasteiger partial charge >= 0.3 is 0 Å². The second-order valence-electron chi connectivity index (χ2n) is 4.97. The van der Waals surface area contributed by atoms with E-state index in [1.807, 2.05) is 17.5 Å². The molecule has 0 spiro atoms. The normalized spacial score (nSPS) is 21.3. The van der Waals surface area contributed by atoms with Crippen molar-refractivity contribution in [2.24, 2.45) is 5.92 Å². The maximum Gasteiger partial charge on any atom is 0.241 e. The van der Waals surface area contributed by atoms with Crippen LogP contribution in [-0.4, -0.2) is 28.1 Å². The molecule has 3 heterocycles. The lowest BCUT2D eigenvalue weighted by Crippen LogP contribution is -2.33. The lowest BCUT2D eigenvalue weighted by molar-refractivity contribution is 0.157. The van der Waals surface area contributed by atoms with Gasteiger partial charge in [-0.3, -0.25) is 4.90 Å². The lowest BCUT2D eigenvalue weighted by Gasteiger charge is -2.29. The molecule has 0 aliphatic carbocycles. The summed E-state index contributed by atoms with van der Waals surface area (Å²) in [5.41, 5.74) is 0. The van der Waals surface area contributed by atoms with Crippen LogP contribution >= 0.6 is 11.3 Å². The summed E-state index contributed by atoms with van der Waals surface area (Å²) in [5.74, 6) is 2.22. The maximum atomic E-state index is 5.33. The van der Waals surface area contributed by atoms with E-state index in [9.17, 15) is 0 Å². The summed E-state index contributed by atoms with van der Waals surface area (Å²) in [7, 11) is 0. The van der Waals surface area contributed by atoms with Crippen LogP contribution < -0.4 is 0 Å². The zero-order valence-electron chi connectivity index (χ0n) is 10.5. The number of likely N-dealkylation sites (tertiary alicyclic amines) is 1. The molecule has 3 rings (SSSR count). The molecule has 1 aliphatic rings. The highest BCUT2D eigenvalue weighted by Crippen LogP contribution is 2.22. The fourth-order valence-corrected chi connectivity index (χ4v) is 3.10. The van der Waals surface area contributed by atoms with Gasteiger partial charge in [-0.1, -0.05) is 18.1 Å². The van der Waals surface area contributed by atoms with Crippen molar-refractivity contribution < 1.29 is 4.52 Å². The van der Waals surface area contributed by atoms with Gasteiger partial charge in [0.1, 0.15) is 0 Å². The first-order valence-electron chi connectivity index (χ1n) is 6.40. The number of piperidine rings is 1. The second kappa shape index (κ2) is 5.20. The molecule has 0 N–H and O–H groups in total. The molecule has 0 bridgehead atoms. The van der Waals surface area contributed by atoms with Crippen molar-refractivity contribution in [1.82, 2.24) is 15.0 Å². The summed E-state index contributed by atoms with van der Waals surface area (Å²) in [6.45, 7) is 5.36. The molecule has 2 aromatic rings. The zero-order valence-corrected chi connectivity index (χ0v) is 11.3. The molecule has 96 valence electrons. The monoisotopic (exact) mass is 263 g/mol. The first-order chi connectivity index (χ1) is 8.81. The predicted molar refractivity (Wildman–Crippen MR) is 71.3 cm³/mol. The average Bonchev–Trinajstić information content (AvgIpc) is 2.98. The van der Waals surface area contributed by atoms with Crippen molar-refractivity contribution >= 4 is 11.3 Å². The quantitative estimate of drug-likeness (QED) is 0.853. The van der Waals surface area contributed by atoms with Gasteiger partial charge in [0, 0.05) is 6.54 Å². The minimum atomic E-state index is 0.713. The van der Waals surface area contributed by atoms with Crippen LogP contribution in [0.3, 0.4) is 0 Å². The van der Waals surface area contributed by atoms with E-state index < -0.39 is 0 Å². The Hall–Kier alpha value is -1.20. The molecule has 4 nitrogen and oxygen atoms in total. The van der Waals surface area contributed by atoms with E-state index in [-0.39, 0.29) is 0 Å². The van der Waals surface area contributed by atoms with E-state index in [0.717, 1.165) is 36.3 Å². The SMILES string of the molecule is CC1CCCN(Cc2nc(-c3cccs3)no2)C1. The Morgan fingerprint density at radius 1 is 1.56 bits per heavy atom. The van der Waals surface area contributed by atoms with Crippen LogP contribution in [0.4, 0.5) is 0 Å². The number of hydrogen-bond acceptors (Lipinski definition) is 5. The van der Waals surface area contributed by atoms with Gasteiger partial charge in [-0.05, 0) is 36.8 Å². The highest BCUT2D eigenvalue weighted by atomic mass is 32.1. The smallest absolute Gasteiger partial charge is 0.241 e. The largest absolute Gasteiger partial charge is 0.338 e. The van der Waals surface area contributed by atoms with Gasteiger partial charge in [0.2, 0.25) is 11.7 Å². The minimum absolute atomic E-state index is 0.713. The molecule has 18 heavy (non-hydrogen) atoms. The van der Waals surface area contributed by atoms with Gasteiger partial charge in [-0.15, -0.1) is 11.3 Å². The molecule has 0 amide bonds. The van der Waals surface area contributed by atoms with Gasteiger partial charge in [-0.25, -0.2) is 0 Å². The van der Waals surface area contributed by atoms with Gasteiger partial charge in [-0.2, -0.15) is 4.98 Å². The number of thiophene rings is 1. The van der Waals surface area contributed by atoms with E-state index >= 15 is 0 Å². The summed E-state index contributed by atoms with van der Waals surface area (Å²) >= 11 is 1.64. The summed E-state index contributed by atoms with van der Waals surface area (Å²) in [5, 5.41) is 6.07. The van der Waals surface area contributed by atoms with Crippen LogP contribution in [0.25, 0.3) is 10.7 Å². The molecule has 1 saturated heterocycles. The lowest BCUT2D eigenvalue weighted by atomic mass is 10.0. The molecular weight excluding hydrogens is 246 g/mol. The Morgan fingerprint density at radius 3 is 3.28 bits per heavy atom. The maximum absolute atomic E-state index is 5.33. The van der Waals surface area contributed by atoms with Crippen molar-refractivity contribution in [2.75, 3.05) is 13.1 Å². The van der Waals surface area contributed by atoms with E-state index in [0.29, 0.717) is 5.82 Å². The zero-order chi connectivity index (χ0) is 12.4. The number of aromatic nitrogens is 2. The Morgan fingerprint density at radius 2 is 2.50 bits per heavy atom. The van der Waals surface area contributed by atoms with Crippen molar-refractivity contribution in [2.45, 2.75) is 26.3 Å². The molecule has 0 aromatic carbocycles. The van der Waals surface area contributed by atoms with E-state index in [2.05, 4.69) is 22.0 Å². The summed E-state index contributed by atoms with van der Waals surface area (Å²) < 4.78 is 5.33. The van der Waals surface area contributed by atoms with E-state index in [4.69, 9.17) is 4.52 Å². The second-order valence-corrected chi connectivity index (χ2v) is 5.92.